The molecule has 0 heterocycles. The van der Waals surface area contributed by atoms with Gasteiger partial charge in [0, 0.05) is 5.41 Å². The summed E-state index contributed by atoms with van der Waals surface area (Å²) >= 11 is 0. The summed E-state index contributed by atoms with van der Waals surface area (Å²) in [7, 11) is -2.92. The van der Waals surface area contributed by atoms with Gasteiger partial charge in [0.1, 0.15) is 0 Å². The second kappa shape index (κ2) is 16.5. The average molecular weight is 345 g/mol. The molecule has 0 aromatic carbocycles. The molecule has 3 heteroatoms. The van der Waals surface area contributed by atoms with E-state index in [-0.39, 0.29) is 5.75 Å². The smallest absolute Gasteiger partial charge is 0.171 e. The Bertz CT molecular complexity index is 358. The van der Waals surface area contributed by atoms with Gasteiger partial charge in [0.15, 0.2) is 9.84 Å². The van der Waals surface area contributed by atoms with E-state index in [0.717, 1.165) is 12.8 Å². The van der Waals surface area contributed by atoms with Crippen molar-refractivity contribution in [2.45, 2.75) is 110 Å². The minimum Gasteiger partial charge on any atom is -0.224 e. The van der Waals surface area contributed by atoms with Gasteiger partial charge in [-0.2, -0.15) is 0 Å². The molecule has 0 fully saturated rings. The maximum Gasteiger partial charge on any atom is 0.171 e. The molecule has 0 bridgehead atoms. The predicted molar refractivity (Wildman–Crippen MR) is 104 cm³/mol. The summed E-state index contributed by atoms with van der Waals surface area (Å²) in [5, 5.41) is 1.38. The van der Waals surface area contributed by atoms with Crippen molar-refractivity contribution in [1.82, 2.24) is 0 Å². The standard InChI is InChI=1S/C20H40O2S/c1-3-5-6-7-8-9-10-11-12-13-14-15-16-17-18-19-20-23(21,22)4-2/h19-20H,3-18H2,1-2H3. The first-order valence-electron chi connectivity index (χ1n) is 10.0. The number of sulfone groups is 1. The summed E-state index contributed by atoms with van der Waals surface area (Å²) in [5.74, 6) is 0.211. The lowest BCUT2D eigenvalue weighted by atomic mass is 10.0. The number of allylic oxidation sites excluding steroid dienone is 1. The van der Waals surface area contributed by atoms with Gasteiger partial charge in [0.25, 0.3) is 0 Å². The van der Waals surface area contributed by atoms with Crippen LogP contribution in [0.15, 0.2) is 11.5 Å². The summed E-state index contributed by atoms with van der Waals surface area (Å²) in [5.41, 5.74) is 0. The first-order chi connectivity index (χ1) is 11.1. The lowest BCUT2D eigenvalue weighted by molar-refractivity contribution is 0.536. The Kier molecular flexibility index (Phi) is 16.3. The zero-order chi connectivity index (χ0) is 17.2. The van der Waals surface area contributed by atoms with Crippen LogP contribution >= 0.6 is 0 Å². The molecule has 0 aliphatic heterocycles. The molecule has 2 nitrogen and oxygen atoms in total. The van der Waals surface area contributed by atoms with E-state index in [1.54, 1.807) is 6.92 Å². The first kappa shape index (κ1) is 22.7. The third kappa shape index (κ3) is 17.9. The molecule has 138 valence electrons. The molecule has 23 heavy (non-hydrogen) atoms. The topological polar surface area (TPSA) is 34.1 Å². The molecular weight excluding hydrogens is 304 g/mol. The molecular formula is C20H40O2S. The van der Waals surface area contributed by atoms with Gasteiger partial charge in [-0.15, -0.1) is 0 Å². The van der Waals surface area contributed by atoms with Crippen LogP contribution in [0.1, 0.15) is 110 Å². The Balaban J connectivity index is 3.17. The monoisotopic (exact) mass is 344 g/mol. The SMILES string of the molecule is CCCCCCCCCCCCCCCCC=CS(=O)(=O)CC. The van der Waals surface area contributed by atoms with E-state index in [2.05, 4.69) is 6.92 Å². The zero-order valence-corrected chi connectivity index (χ0v) is 16.5. The Morgan fingerprint density at radius 2 is 1.00 bits per heavy atom. The Morgan fingerprint density at radius 3 is 1.39 bits per heavy atom. The molecule has 0 aromatic heterocycles. The van der Waals surface area contributed by atoms with E-state index in [1.807, 2.05) is 6.08 Å². The minimum absolute atomic E-state index is 0.211. The number of unbranched alkanes of at least 4 members (excludes halogenated alkanes) is 14. The summed E-state index contributed by atoms with van der Waals surface area (Å²) in [4.78, 5) is 0. The molecule has 0 atom stereocenters. The highest BCUT2D eigenvalue weighted by atomic mass is 32.2. The quantitative estimate of drug-likeness (QED) is 0.272. The van der Waals surface area contributed by atoms with Crippen LogP contribution in [0.5, 0.6) is 0 Å². The van der Waals surface area contributed by atoms with Crippen LogP contribution in [0.4, 0.5) is 0 Å². The molecule has 0 aliphatic rings. The Hall–Kier alpha value is -0.310. The van der Waals surface area contributed by atoms with E-state index in [1.165, 1.54) is 88.9 Å². The van der Waals surface area contributed by atoms with Gasteiger partial charge < -0.3 is 0 Å². The third-order valence-corrected chi connectivity index (χ3v) is 5.84. The highest BCUT2D eigenvalue weighted by molar-refractivity contribution is 7.94. The second-order valence-corrected chi connectivity index (χ2v) is 8.88. The van der Waals surface area contributed by atoms with Crippen molar-refractivity contribution in [3.8, 4) is 0 Å². The van der Waals surface area contributed by atoms with Crippen molar-refractivity contribution in [2.75, 3.05) is 5.75 Å². The van der Waals surface area contributed by atoms with Crippen LogP contribution in [0, 0.1) is 0 Å². The normalized spacial score (nSPS) is 12.3. The molecule has 0 spiro atoms. The molecule has 0 amide bonds. The fraction of sp³-hybridized carbons (Fsp3) is 0.900. The van der Waals surface area contributed by atoms with Crippen LogP contribution < -0.4 is 0 Å². The predicted octanol–water partition coefficient (Wildman–Crippen LogP) is 6.81. The van der Waals surface area contributed by atoms with Crippen molar-refractivity contribution in [3.63, 3.8) is 0 Å². The fourth-order valence-corrected chi connectivity index (χ4v) is 3.39. The van der Waals surface area contributed by atoms with Gasteiger partial charge in [-0.1, -0.05) is 103 Å². The molecule has 0 rings (SSSR count). The maximum absolute atomic E-state index is 11.3. The molecule has 0 saturated heterocycles. The van der Waals surface area contributed by atoms with E-state index < -0.39 is 9.84 Å². The molecule has 0 aliphatic carbocycles. The fourth-order valence-electron chi connectivity index (χ4n) is 2.77. The maximum atomic E-state index is 11.3. The van der Waals surface area contributed by atoms with Gasteiger partial charge in [0.05, 0.1) is 5.75 Å². The van der Waals surface area contributed by atoms with E-state index >= 15 is 0 Å². The summed E-state index contributed by atoms with van der Waals surface area (Å²) in [6.45, 7) is 3.96. The summed E-state index contributed by atoms with van der Waals surface area (Å²) in [6.07, 6.45) is 21.8. The van der Waals surface area contributed by atoms with E-state index in [9.17, 15) is 8.42 Å². The number of rotatable bonds is 17. The van der Waals surface area contributed by atoms with Gasteiger partial charge in [-0.25, -0.2) is 8.42 Å². The molecule has 0 unspecified atom stereocenters. The molecule has 0 saturated carbocycles. The van der Waals surface area contributed by atoms with Crippen molar-refractivity contribution in [3.05, 3.63) is 11.5 Å². The highest BCUT2D eigenvalue weighted by Crippen LogP contribution is 2.13. The first-order valence-corrected chi connectivity index (χ1v) is 11.7. The summed E-state index contributed by atoms with van der Waals surface area (Å²) < 4.78 is 22.5. The van der Waals surface area contributed by atoms with Crippen LogP contribution in [-0.2, 0) is 9.84 Å². The Labute approximate surface area is 146 Å². The van der Waals surface area contributed by atoms with Crippen LogP contribution in [-0.4, -0.2) is 14.2 Å². The third-order valence-electron chi connectivity index (χ3n) is 4.43. The zero-order valence-electron chi connectivity index (χ0n) is 15.7. The number of hydrogen-bond donors (Lipinski definition) is 0. The highest BCUT2D eigenvalue weighted by Gasteiger charge is 1.99. The average Bonchev–Trinajstić information content (AvgIpc) is 2.54. The molecule has 0 N–H and O–H groups in total. The van der Waals surface area contributed by atoms with Crippen LogP contribution in [0.2, 0.25) is 0 Å². The largest absolute Gasteiger partial charge is 0.224 e. The lowest BCUT2D eigenvalue weighted by Gasteiger charge is -2.02. The number of hydrogen-bond acceptors (Lipinski definition) is 2. The summed E-state index contributed by atoms with van der Waals surface area (Å²) in [6, 6.07) is 0. The van der Waals surface area contributed by atoms with Gasteiger partial charge in [0.2, 0.25) is 0 Å². The van der Waals surface area contributed by atoms with Gasteiger partial charge in [-0.3, -0.25) is 0 Å². The second-order valence-electron chi connectivity index (χ2n) is 6.71. The van der Waals surface area contributed by atoms with Crippen LogP contribution in [0.3, 0.4) is 0 Å². The van der Waals surface area contributed by atoms with Crippen molar-refractivity contribution < 1.29 is 8.42 Å². The Morgan fingerprint density at radius 1 is 0.609 bits per heavy atom. The molecule has 0 radical (unpaired) electrons. The van der Waals surface area contributed by atoms with Crippen molar-refractivity contribution in [2.24, 2.45) is 0 Å². The van der Waals surface area contributed by atoms with Crippen LogP contribution in [0.25, 0.3) is 0 Å². The van der Waals surface area contributed by atoms with E-state index in [0.29, 0.717) is 0 Å². The van der Waals surface area contributed by atoms with Crippen molar-refractivity contribution in [1.29, 1.82) is 0 Å². The van der Waals surface area contributed by atoms with Gasteiger partial charge in [-0.05, 0) is 12.8 Å². The molecule has 0 aromatic rings. The van der Waals surface area contributed by atoms with E-state index in [4.69, 9.17) is 0 Å². The van der Waals surface area contributed by atoms with Gasteiger partial charge >= 0.3 is 0 Å². The lowest BCUT2D eigenvalue weighted by Crippen LogP contribution is -1.96. The van der Waals surface area contributed by atoms with Crippen molar-refractivity contribution >= 4 is 9.84 Å². The minimum atomic E-state index is -2.92.